The van der Waals surface area contributed by atoms with Crippen molar-refractivity contribution >= 4 is 11.6 Å². The van der Waals surface area contributed by atoms with Gasteiger partial charge in [0, 0.05) is 17.9 Å². The van der Waals surface area contributed by atoms with E-state index < -0.39 is 0 Å². The summed E-state index contributed by atoms with van der Waals surface area (Å²) in [5.74, 6) is -0.184. The second-order valence-corrected chi connectivity index (χ2v) is 5.70. The first-order valence-corrected chi connectivity index (χ1v) is 7.39. The number of para-hydroxylation sites is 1. The van der Waals surface area contributed by atoms with Gasteiger partial charge in [0.15, 0.2) is 0 Å². The summed E-state index contributed by atoms with van der Waals surface area (Å²) in [6.45, 7) is 0.648. The van der Waals surface area contributed by atoms with E-state index in [2.05, 4.69) is 4.98 Å². The third kappa shape index (κ3) is 1.90. The monoisotopic (exact) mass is 280 g/mol. The quantitative estimate of drug-likeness (QED) is 0.869. The molecule has 1 aliphatic carbocycles. The molecule has 0 unspecified atom stereocenters. The molecule has 4 rings (SSSR count). The van der Waals surface area contributed by atoms with Crippen molar-refractivity contribution in [2.24, 2.45) is 0 Å². The number of fused-ring (bicyclic) bond motifs is 2. The smallest absolute Gasteiger partial charge is 0.263 e. The SMILES string of the molecule is O=C(c1cc2c([nH]c1=O)CCC2)N1CCc2ccccc21. The molecule has 2 aromatic rings. The fourth-order valence-electron chi connectivity index (χ4n) is 3.37. The number of H-pyrrole nitrogens is 1. The number of aromatic nitrogens is 1. The molecule has 0 spiro atoms. The van der Waals surface area contributed by atoms with Crippen molar-refractivity contribution in [1.82, 2.24) is 4.98 Å². The Hall–Kier alpha value is -2.36. The number of aryl methyl sites for hydroxylation is 2. The highest BCUT2D eigenvalue weighted by Gasteiger charge is 2.27. The number of nitrogens with zero attached hydrogens (tertiary/aromatic N) is 1. The molecule has 21 heavy (non-hydrogen) atoms. The van der Waals surface area contributed by atoms with Crippen LogP contribution in [0, 0.1) is 0 Å². The Bertz CT molecular complexity index is 792. The largest absolute Gasteiger partial charge is 0.325 e. The number of rotatable bonds is 1. The standard InChI is InChI=1S/C17H16N2O2/c20-16-13(10-12-5-3-6-14(12)18-16)17(21)19-9-8-11-4-1-2-7-15(11)19/h1-2,4,7,10H,3,5-6,8-9H2,(H,18,20). The average Bonchev–Trinajstić information content (AvgIpc) is 3.11. The summed E-state index contributed by atoms with van der Waals surface area (Å²) < 4.78 is 0. The van der Waals surface area contributed by atoms with Gasteiger partial charge in [0.2, 0.25) is 0 Å². The van der Waals surface area contributed by atoms with Gasteiger partial charge in [0.25, 0.3) is 11.5 Å². The van der Waals surface area contributed by atoms with Gasteiger partial charge in [0.1, 0.15) is 5.56 Å². The molecule has 4 nitrogen and oxygen atoms in total. The zero-order chi connectivity index (χ0) is 14.4. The Morgan fingerprint density at radius 1 is 1.10 bits per heavy atom. The molecule has 1 amide bonds. The minimum atomic E-state index is -0.259. The van der Waals surface area contributed by atoms with Crippen molar-refractivity contribution in [3.63, 3.8) is 0 Å². The van der Waals surface area contributed by atoms with Crippen LogP contribution >= 0.6 is 0 Å². The summed E-state index contributed by atoms with van der Waals surface area (Å²) in [5.41, 5.74) is 4.23. The molecule has 1 aromatic carbocycles. The van der Waals surface area contributed by atoms with Crippen LogP contribution in [0.2, 0.25) is 0 Å². The molecule has 0 radical (unpaired) electrons. The van der Waals surface area contributed by atoms with Gasteiger partial charge in [-0.3, -0.25) is 9.59 Å². The number of aromatic amines is 1. The molecule has 2 heterocycles. The van der Waals surface area contributed by atoms with Gasteiger partial charge in [-0.1, -0.05) is 18.2 Å². The Morgan fingerprint density at radius 3 is 2.86 bits per heavy atom. The van der Waals surface area contributed by atoms with E-state index in [1.54, 1.807) is 11.0 Å². The van der Waals surface area contributed by atoms with E-state index in [1.807, 2.05) is 24.3 Å². The van der Waals surface area contributed by atoms with E-state index >= 15 is 0 Å². The first kappa shape index (κ1) is 12.4. The first-order chi connectivity index (χ1) is 10.2. The predicted molar refractivity (Wildman–Crippen MR) is 80.9 cm³/mol. The second-order valence-electron chi connectivity index (χ2n) is 5.70. The van der Waals surface area contributed by atoms with Crippen molar-refractivity contribution < 1.29 is 4.79 Å². The number of pyridine rings is 1. The minimum Gasteiger partial charge on any atom is -0.325 e. The molecule has 0 fully saturated rings. The molecule has 0 saturated heterocycles. The van der Waals surface area contributed by atoms with E-state index in [0.29, 0.717) is 6.54 Å². The number of hydrogen-bond donors (Lipinski definition) is 1. The van der Waals surface area contributed by atoms with Crippen LogP contribution in [0.15, 0.2) is 35.1 Å². The summed E-state index contributed by atoms with van der Waals surface area (Å²) in [6.07, 6.45) is 3.76. The fraction of sp³-hybridized carbons (Fsp3) is 0.294. The van der Waals surface area contributed by atoms with E-state index in [-0.39, 0.29) is 17.0 Å². The fourth-order valence-corrected chi connectivity index (χ4v) is 3.37. The Balaban J connectivity index is 1.75. The zero-order valence-corrected chi connectivity index (χ0v) is 11.7. The van der Waals surface area contributed by atoms with Crippen LogP contribution in [0.3, 0.4) is 0 Å². The average molecular weight is 280 g/mol. The lowest BCUT2D eigenvalue weighted by Gasteiger charge is -2.17. The third-order valence-electron chi connectivity index (χ3n) is 4.45. The van der Waals surface area contributed by atoms with Crippen LogP contribution in [0.4, 0.5) is 5.69 Å². The molecule has 1 aromatic heterocycles. The van der Waals surface area contributed by atoms with Crippen LogP contribution in [0.25, 0.3) is 0 Å². The number of benzene rings is 1. The molecule has 4 heteroatoms. The summed E-state index contributed by atoms with van der Waals surface area (Å²) in [5, 5.41) is 0. The zero-order valence-electron chi connectivity index (χ0n) is 11.7. The number of nitrogens with one attached hydrogen (secondary N) is 1. The van der Waals surface area contributed by atoms with E-state index in [0.717, 1.165) is 42.6 Å². The first-order valence-electron chi connectivity index (χ1n) is 7.39. The number of amides is 1. The van der Waals surface area contributed by atoms with Gasteiger partial charge in [-0.25, -0.2) is 0 Å². The maximum atomic E-state index is 12.7. The van der Waals surface area contributed by atoms with Gasteiger partial charge in [0.05, 0.1) is 0 Å². The molecule has 0 bridgehead atoms. The van der Waals surface area contributed by atoms with Crippen LogP contribution in [0.1, 0.15) is 33.6 Å². The molecule has 0 saturated carbocycles. The van der Waals surface area contributed by atoms with Gasteiger partial charge in [-0.05, 0) is 48.9 Å². The lowest BCUT2D eigenvalue weighted by atomic mass is 10.1. The maximum absolute atomic E-state index is 12.7. The number of carbonyl (C=O) groups excluding carboxylic acids is 1. The van der Waals surface area contributed by atoms with Gasteiger partial charge in [-0.2, -0.15) is 0 Å². The van der Waals surface area contributed by atoms with Crippen LogP contribution in [-0.4, -0.2) is 17.4 Å². The van der Waals surface area contributed by atoms with E-state index in [4.69, 9.17) is 0 Å². The molecule has 1 aliphatic heterocycles. The Morgan fingerprint density at radius 2 is 1.95 bits per heavy atom. The number of hydrogen-bond acceptors (Lipinski definition) is 2. The maximum Gasteiger partial charge on any atom is 0.263 e. The summed E-state index contributed by atoms with van der Waals surface area (Å²) in [7, 11) is 0. The minimum absolute atomic E-state index is 0.184. The van der Waals surface area contributed by atoms with E-state index in [1.165, 1.54) is 5.56 Å². The van der Waals surface area contributed by atoms with Gasteiger partial charge >= 0.3 is 0 Å². The molecule has 2 aliphatic rings. The predicted octanol–water partition coefficient (Wildman–Crippen LogP) is 2.07. The molecular formula is C17H16N2O2. The molecule has 0 atom stereocenters. The summed E-state index contributed by atoms with van der Waals surface area (Å²) >= 11 is 0. The highest BCUT2D eigenvalue weighted by Crippen LogP contribution is 2.29. The highest BCUT2D eigenvalue weighted by molar-refractivity contribution is 6.07. The van der Waals surface area contributed by atoms with Gasteiger partial charge < -0.3 is 9.88 Å². The van der Waals surface area contributed by atoms with Crippen LogP contribution in [0.5, 0.6) is 0 Å². The molecule has 1 N–H and O–H groups in total. The van der Waals surface area contributed by atoms with Crippen LogP contribution < -0.4 is 10.5 Å². The Labute approximate surface area is 122 Å². The lowest BCUT2D eigenvalue weighted by molar-refractivity contribution is 0.0988. The molecule has 106 valence electrons. The lowest BCUT2D eigenvalue weighted by Crippen LogP contribution is -2.33. The summed E-state index contributed by atoms with van der Waals surface area (Å²) in [4.78, 5) is 29.5. The molecular weight excluding hydrogens is 264 g/mol. The topological polar surface area (TPSA) is 53.2 Å². The van der Waals surface area contributed by atoms with Crippen LogP contribution in [-0.2, 0) is 19.3 Å². The Kier molecular flexibility index (Phi) is 2.70. The van der Waals surface area contributed by atoms with Gasteiger partial charge in [-0.15, -0.1) is 0 Å². The second kappa shape index (κ2) is 4.58. The third-order valence-corrected chi connectivity index (χ3v) is 4.45. The van der Waals surface area contributed by atoms with Crippen molar-refractivity contribution in [2.45, 2.75) is 25.7 Å². The summed E-state index contributed by atoms with van der Waals surface area (Å²) in [6, 6.07) is 9.69. The van der Waals surface area contributed by atoms with Crippen molar-refractivity contribution in [1.29, 1.82) is 0 Å². The highest BCUT2D eigenvalue weighted by atomic mass is 16.2. The number of carbonyl (C=O) groups is 1. The number of anilines is 1. The van der Waals surface area contributed by atoms with Crippen molar-refractivity contribution in [3.8, 4) is 0 Å². The van der Waals surface area contributed by atoms with E-state index in [9.17, 15) is 9.59 Å². The van der Waals surface area contributed by atoms with Crippen molar-refractivity contribution in [3.05, 3.63) is 63.1 Å². The van der Waals surface area contributed by atoms with Crippen molar-refractivity contribution in [2.75, 3.05) is 11.4 Å². The normalized spacial score (nSPS) is 15.9.